The number of imidazole rings is 1. The van der Waals surface area contributed by atoms with E-state index in [0.29, 0.717) is 17.0 Å². The Balaban J connectivity index is 1.21. The molecule has 3 aromatic heterocycles. The van der Waals surface area contributed by atoms with Crippen LogP contribution in [-0.2, 0) is 6.54 Å². The smallest absolute Gasteiger partial charge is 0.206 e. The summed E-state index contributed by atoms with van der Waals surface area (Å²) in [5.41, 5.74) is 4.82. The molecule has 0 spiro atoms. The Morgan fingerprint density at radius 2 is 2.06 bits per heavy atom. The molecule has 1 aliphatic heterocycles. The molecule has 2 aliphatic rings. The van der Waals surface area contributed by atoms with Gasteiger partial charge < -0.3 is 15.6 Å². The SMILES string of the molecule is CC(c1ccnc(Nc2nc3c(Cl)c(-c4cnn(CC5CCC5)c4)ccc3[nH]2)c1)N1CCNCC1. The van der Waals surface area contributed by atoms with Gasteiger partial charge in [0.15, 0.2) is 0 Å². The van der Waals surface area contributed by atoms with Gasteiger partial charge in [0.05, 0.1) is 16.7 Å². The van der Waals surface area contributed by atoms with Gasteiger partial charge in [0.2, 0.25) is 5.95 Å². The second kappa shape index (κ2) is 9.60. The average Bonchev–Trinajstić information content (AvgIpc) is 3.49. The van der Waals surface area contributed by atoms with Crippen LogP contribution in [0.3, 0.4) is 0 Å². The maximum atomic E-state index is 6.83. The summed E-state index contributed by atoms with van der Waals surface area (Å²) in [6.07, 6.45) is 9.78. The summed E-state index contributed by atoms with van der Waals surface area (Å²) < 4.78 is 2.04. The molecule has 1 saturated heterocycles. The minimum absolute atomic E-state index is 0.332. The molecule has 0 amide bonds. The van der Waals surface area contributed by atoms with Crippen molar-refractivity contribution >= 4 is 34.4 Å². The van der Waals surface area contributed by atoms with Crippen molar-refractivity contribution in [3.8, 4) is 11.1 Å². The van der Waals surface area contributed by atoms with Gasteiger partial charge in [-0.3, -0.25) is 9.58 Å². The lowest BCUT2D eigenvalue weighted by atomic mass is 9.85. The molecule has 4 aromatic rings. The fourth-order valence-electron chi connectivity index (χ4n) is 5.04. The van der Waals surface area contributed by atoms with Crippen molar-refractivity contribution in [1.29, 1.82) is 0 Å². The van der Waals surface area contributed by atoms with Crippen molar-refractivity contribution in [3.63, 3.8) is 0 Å². The molecule has 0 bridgehead atoms. The number of H-pyrrole nitrogens is 1. The van der Waals surface area contributed by atoms with Crippen LogP contribution in [-0.4, -0.2) is 55.8 Å². The molecule has 1 saturated carbocycles. The van der Waals surface area contributed by atoms with Crippen LogP contribution in [0.2, 0.25) is 5.02 Å². The molecule has 1 atom stereocenters. The van der Waals surface area contributed by atoms with E-state index >= 15 is 0 Å². The molecule has 1 aliphatic carbocycles. The molecule has 35 heavy (non-hydrogen) atoms. The third kappa shape index (κ3) is 4.66. The predicted octanol–water partition coefficient (Wildman–Crippen LogP) is 4.98. The van der Waals surface area contributed by atoms with E-state index in [0.717, 1.165) is 66.6 Å². The fraction of sp³-hybridized carbons (Fsp3) is 0.423. The standard InChI is InChI=1S/C26H31ClN8/c1-17(34-11-9-28-10-12-34)19-7-8-29-23(13-19)32-26-31-22-6-5-21(24(27)25(22)33-26)20-14-30-35(16-20)15-18-3-2-4-18/h5-8,13-14,16-18,28H,2-4,9-12,15H2,1H3,(H2,29,31,32,33). The number of rotatable bonds is 7. The second-order valence-electron chi connectivity index (χ2n) is 9.72. The fourth-order valence-corrected chi connectivity index (χ4v) is 5.36. The van der Waals surface area contributed by atoms with E-state index in [1.165, 1.54) is 24.8 Å². The third-order valence-corrected chi connectivity index (χ3v) is 7.80. The average molecular weight is 491 g/mol. The summed E-state index contributed by atoms with van der Waals surface area (Å²) >= 11 is 6.83. The van der Waals surface area contributed by atoms with Crippen molar-refractivity contribution in [2.45, 2.75) is 38.8 Å². The lowest BCUT2D eigenvalue weighted by molar-refractivity contribution is 0.185. The summed E-state index contributed by atoms with van der Waals surface area (Å²) in [5, 5.41) is 11.9. The van der Waals surface area contributed by atoms with Crippen molar-refractivity contribution in [1.82, 2.24) is 34.9 Å². The van der Waals surface area contributed by atoms with E-state index in [1.807, 2.05) is 29.2 Å². The Labute approximate surface area is 210 Å². The number of piperazine rings is 1. The topological polar surface area (TPSA) is 86.7 Å². The molecule has 6 rings (SSSR count). The molecule has 182 valence electrons. The Bertz CT molecular complexity index is 1320. The molecule has 8 nitrogen and oxygen atoms in total. The van der Waals surface area contributed by atoms with Gasteiger partial charge in [0.1, 0.15) is 11.3 Å². The number of nitrogens with one attached hydrogen (secondary N) is 3. The van der Waals surface area contributed by atoms with Gasteiger partial charge >= 0.3 is 0 Å². The van der Waals surface area contributed by atoms with E-state index in [-0.39, 0.29) is 0 Å². The first-order valence-corrected chi connectivity index (χ1v) is 12.9. The van der Waals surface area contributed by atoms with Gasteiger partial charge in [0, 0.05) is 62.3 Å². The predicted molar refractivity (Wildman–Crippen MR) is 140 cm³/mol. The van der Waals surface area contributed by atoms with Crippen molar-refractivity contribution in [3.05, 3.63) is 53.4 Å². The zero-order valence-electron chi connectivity index (χ0n) is 20.0. The monoisotopic (exact) mass is 490 g/mol. The van der Waals surface area contributed by atoms with E-state index in [1.54, 1.807) is 0 Å². The van der Waals surface area contributed by atoms with Crippen LogP contribution in [0.5, 0.6) is 0 Å². The molecule has 9 heteroatoms. The number of hydrogen-bond donors (Lipinski definition) is 3. The molecule has 3 N–H and O–H groups in total. The number of hydrogen-bond acceptors (Lipinski definition) is 6. The highest BCUT2D eigenvalue weighted by Gasteiger charge is 2.20. The minimum atomic E-state index is 0.332. The van der Waals surface area contributed by atoms with Crippen LogP contribution in [0.4, 0.5) is 11.8 Å². The first kappa shape index (κ1) is 22.5. The number of nitrogens with zero attached hydrogens (tertiary/aromatic N) is 5. The van der Waals surface area contributed by atoms with Crippen LogP contribution >= 0.6 is 11.6 Å². The molecule has 4 heterocycles. The van der Waals surface area contributed by atoms with Crippen LogP contribution in [0.15, 0.2) is 42.9 Å². The summed E-state index contributed by atoms with van der Waals surface area (Å²) in [6.45, 7) is 7.40. The number of benzene rings is 1. The Morgan fingerprint density at radius 1 is 1.20 bits per heavy atom. The van der Waals surface area contributed by atoms with Crippen LogP contribution in [0.1, 0.15) is 37.8 Å². The summed E-state index contributed by atoms with van der Waals surface area (Å²) in [7, 11) is 0. The van der Waals surface area contributed by atoms with Gasteiger partial charge in [0.25, 0.3) is 0 Å². The highest BCUT2D eigenvalue weighted by atomic mass is 35.5. The number of aromatic amines is 1. The summed E-state index contributed by atoms with van der Waals surface area (Å²) in [4.78, 5) is 15.1. The highest BCUT2D eigenvalue weighted by Crippen LogP contribution is 2.35. The normalized spacial score (nSPS) is 18.0. The number of anilines is 2. The number of pyridine rings is 1. The first-order chi connectivity index (χ1) is 17.1. The Hall–Kier alpha value is -2.94. The summed E-state index contributed by atoms with van der Waals surface area (Å²) in [5.74, 6) is 2.14. The first-order valence-electron chi connectivity index (χ1n) is 12.5. The molecular weight excluding hydrogens is 460 g/mol. The van der Waals surface area contributed by atoms with Crippen LogP contribution < -0.4 is 10.6 Å². The lowest BCUT2D eigenvalue weighted by Gasteiger charge is -2.33. The van der Waals surface area contributed by atoms with Crippen molar-refractivity contribution in [2.24, 2.45) is 5.92 Å². The molecular formula is C26H31ClN8. The quantitative estimate of drug-likeness (QED) is 0.338. The van der Waals surface area contributed by atoms with Gasteiger partial charge in [-0.2, -0.15) is 5.10 Å². The Morgan fingerprint density at radius 3 is 2.86 bits per heavy atom. The van der Waals surface area contributed by atoms with E-state index < -0.39 is 0 Å². The van der Waals surface area contributed by atoms with Gasteiger partial charge in [-0.05, 0) is 49.4 Å². The third-order valence-electron chi connectivity index (χ3n) is 7.42. The molecule has 0 radical (unpaired) electrons. The lowest BCUT2D eigenvalue weighted by Crippen LogP contribution is -2.44. The van der Waals surface area contributed by atoms with E-state index in [4.69, 9.17) is 16.6 Å². The van der Waals surface area contributed by atoms with Gasteiger partial charge in [-0.15, -0.1) is 0 Å². The second-order valence-corrected chi connectivity index (χ2v) is 10.1. The number of aromatic nitrogens is 5. The molecule has 2 fully saturated rings. The minimum Gasteiger partial charge on any atom is -0.324 e. The van der Waals surface area contributed by atoms with Crippen molar-refractivity contribution < 1.29 is 0 Å². The largest absolute Gasteiger partial charge is 0.324 e. The number of fused-ring (bicyclic) bond motifs is 1. The maximum absolute atomic E-state index is 6.83. The Kier molecular flexibility index (Phi) is 6.18. The highest BCUT2D eigenvalue weighted by molar-refractivity contribution is 6.37. The van der Waals surface area contributed by atoms with Crippen molar-refractivity contribution in [2.75, 3.05) is 31.5 Å². The maximum Gasteiger partial charge on any atom is 0.206 e. The molecule has 1 unspecified atom stereocenters. The number of halogens is 1. The zero-order valence-corrected chi connectivity index (χ0v) is 20.7. The van der Waals surface area contributed by atoms with Gasteiger partial charge in [-0.1, -0.05) is 24.1 Å². The van der Waals surface area contributed by atoms with E-state index in [9.17, 15) is 0 Å². The molecule has 1 aromatic carbocycles. The van der Waals surface area contributed by atoms with Gasteiger partial charge in [-0.25, -0.2) is 9.97 Å². The van der Waals surface area contributed by atoms with Crippen LogP contribution in [0.25, 0.3) is 22.2 Å². The zero-order chi connectivity index (χ0) is 23.8. The van der Waals surface area contributed by atoms with Crippen LogP contribution in [0, 0.1) is 5.92 Å². The van der Waals surface area contributed by atoms with E-state index in [2.05, 4.69) is 55.9 Å². The summed E-state index contributed by atoms with van der Waals surface area (Å²) in [6, 6.07) is 8.58.